The lowest BCUT2D eigenvalue weighted by Gasteiger charge is -2.33. The third-order valence-corrected chi connectivity index (χ3v) is 5.58. The van der Waals surface area contributed by atoms with Gasteiger partial charge in [-0.25, -0.2) is 9.97 Å². The van der Waals surface area contributed by atoms with Gasteiger partial charge in [-0.3, -0.25) is 4.79 Å². The number of piperidine rings is 1. The van der Waals surface area contributed by atoms with Crippen molar-refractivity contribution in [2.24, 2.45) is 5.92 Å². The van der Waals surface area contributed by atoms with Gasteiger partial charge in [0.1, 0.15) is 17.8 Å². The molecule has 7 nitrogen and oxygen atoms in total. The molecule has 158 valence electrons. The van der Waals surface area contributed by atoms with Crippen molar-refractivity contribution in [1.29, 1.82) is 0 Å². The van der Waals surface area contributed by atoms with E-state index >= 15 is 0 Å². The molecule has 1 aromatic carbocycles. The zero-order valence-corrected chi connectivity index (χ0v) is 17.8. The second kappa shape index (κ2) is 9.26. The van der Waals surface area contributed by atoms with Crippen molar-refractivity contribution in [2.45, 2.75) is 25.8 Å². The quantitative estimate of drug-likeness (QED) is 0.598. The zero-order chi connectivity index (χ0) is 20.9. The molecule has 0 saturated carbocycles. The number of carbonyl (C=O) groups excluding carboxylic acids is 1. The Morgan fingerprint density at radius 2 is 2.20 bits per heavy atom. The fourth-order valence-corrected chi connectivity index (χ4v) is 4.27. The minimum absolute atomic E-state index is 0.259. The van der Waals surface area contributed by atoms with E-state index in [0.717, 1.165) is 55.0 Å². The molecule has 1 fully saturated rings. The Hall–Kier alpha value is -2.93. The van der Waals surface area contributed by atoms with Gasteiger partial charge in [0.05, 0.1) is 11.9 Å². The third kappa shape index (κ3) is 4.97. The zero-order valence-electron chi connectivity index (χ0n) is 17.8. The molecule has 2 aromatic heterocycles. The lowest BCUT2D eigenvalue weighted by atomic mass is 9.92. The summed E-state index contributed by atoms with van der Waals surface area (Å²) in [4.78, 5) is 29.0. The average molecular weight is 407 g/mol. The summed E-state index contributed by atoms with van der Waals surface area (Å²) in [6.07, 6.45) is 6.27. The van der Waals surface area contributed by atoms with Crippen LogP contribution in [-0.2, 0) is 11.3 Å². The molecular weight excluding hydrogens is 376 g/mol. The Balaban J connectivity index is 1.32. The molecule has 1 aliphatic heterocycles. The SMILES string of the molecule is CN(C)Cc1cccc(NCC(=O)CC2CCCN(c3ncnc4[nH]ccc34)C2)c1. The van der Waals surface area contributed by atoms with Crippen LogP contribution in [0.3, 0.4) is 0 Å². The van der Waals surface area contributed by atoms with Crippen LogP contribution in [0.2, 0.25) is 0 Å². The van der Waals surface area contributed by atoms with Gasteiger partial charge in [-0.1, -0.05) is 12.1 Å². The molecule has 4 rings (SSSR count). The number of aromatic amines is 1. The summed E-state index contributed by atoms with van der Waals surface area (Å²) in [5.74, 6) is 1.58. The highest BCUT2D eigenvalue weighted by atomic mass is 16.1. The lowest BCUT2D eigenvalue weighted by Crippen LogP contribution is -2.37. The first-order chi connectivity index (χ1) is 14.6. The van der Waals surface area contributed by atoms with Crippen molar-refractivity contribution >= 4 is 28.3 Å². The number of nitrogens with zero attached hydrogens (tertiary/aromatic N) is 4. The van der Waals surface area contributed by atoms with Gasteiger partial charge in [-0.2, -0.15) is 0 Å². The number of rotatable bonds is 8. The van der Waals surface area contributed by atoms with Crippen molar-refractivity contribution in [1.82, 2.24) is 19.9 Å². The number of carbonyl (C=O) groups is 1. The van der Waals surface area contributed by atoms with E-state index in [4.69, 9.17) is 0 Å². The van der Waals surface area contributed by atoms with Crippen molar-refractivity contribution in [3.8, 4) is 0 Å². The van der Waals surface area contributed by atoms with Gasteiger partial charge in [0, 0.05) is 37.9 Å². The highest BCUT2D eigenvalue weighted by molar-refractivity contribution is 5.87. The number of fused-ring (bicyclic) bond motifs is 1. The molecule has 0 aliphatic carbocycles. The summed E-state index contributed by atoms with van der Waals surface area (Å²) in [6, 6.07) is 10.3. The van der Waals surface area contributed by atoms with Crippen LogP contribution in [-0.4, -0.2) is 59.4 Å². The number of aromatic nitrogens is 3. The summed E-state index contributed by atoms with van der Waals surface area (Å²) in [6.45, 7) is 3.09. The normalized spacial score (nSPS) is 16.9. The molecule has 3 aromatic rings. The van der Waals surface area contributed by atoms with Gasteiger partial charge in [0.2, 0.25) is 0 Å². The predicted molar refractivity (Wildman–Crippen MR) is 121 cm³/mol. The molecule has 1 saturated heterocycles. The molecule has 7 heteroatoms. The highest BCUT2D eigenvalue weighted by Crippen LogP contribution is 2.28. The maximum Gasteiger partial charge on any atom is 0.152 e. The molecule has 1 unspecified atom stereocenters. The predicted octanol–water partition coefficient (Wildman–Crippen LogP) is 3.31. The van der Waals surface area contributed by atoms with E-state index in [0.29, 0.717) is 18.9 Å². The van der Waals surface area contributed by atoms with E-state index < -0.39 is 0 Å². The number of anilines is 2. The average Bonchev–Trinajstić information content (AvgIpc) is 3.21. The first-order valence-electron chi connectivity index (χ1n) is 10.6. The second-order valence-electron chi connectivity index (χ2n) is 8.43. The Morgan fingerprint density at radius 3 is 3.07 bits per heavy atom. The fraction of sp³-hybridized carbons (Fsp3) is 0.435. The molecule has 30 heavy (non-hydrogen) atoms. The molecule has 1 atom stereocenters. The number of hydrogen-bond acceptors (Lipinski definition) is 6. The van der Waals surface area contributed by atoms with Gasteiger partial charge in [0.15, 0.2) is 5.78 Å². The van der Waals surface area contributed by atoms with Crippen LogP contribution in [0.25, 0.3) is 11.0 Å². The fourth-order valence-electron chi connectivity index (χ4n) is 4.27. The smallest absolute Gasteiger partial charge is 0.152 e. The summed E-state index contributed by atoms with van der Waals surface area (Å²) >= 11 is 0. The van der Waals surface area contributed by atoms with Gasteiger partial charge < -0.3 is 20.1 Å². The largest absolute Gasteiger partial charge is 0.378 e. The topological polar surface area (TPSA) is 77.2 Å². The van der Waals surface area contributed by atoms with Gasteiger partial charge in [0.25, 0.3) is 0 Å². The maximum absolute atomic E-state index is 12.6. The number of hydrogen-bond donors (Lipinski definition) is 2. The van der Waals surface area contributed by atoms with Crippen LogP contribution in [0.1, 0.15) is 24.8 Å². The molecule has 1 aliphatic rings. The van der Waals surface area contributed by atoms with Crippen LogP contribution in [0.5, 0.6) is 0 Å². The van der Waals surface area contributed by atoms with Gasteiger partial charge >= 0.3 is 0 Å². The Labute approximate surface area is 177 Å². The van der Waals surface area contributed by atoms with Crippen LogP contribution in [0.4, 0.5) is 11.5 Å². The maximum atomic E-state index is 12.6. The Kier molecular flexibility index (Phi) is 6.28. The van der Waals surface area contributed by atoms with Crippen molar-refractivity contribution < 1.29 is 4.79 Å². The highest BCUT2D eigenvalue weighted by Gasteiger charge is 2.24. The van der Waals surface area contributed by atoms with E-state index in [1.807, 2.05) is 24.4 Å². The molecule has 3 heterocycles. The van der Waals surface area contributed by atoms with Crippen LogP contribution in [0, 0.1) is 5.92 Å². The first-order valence-corrected chi connectivity index (χ1v) is 10.6. The number of benzene rings is 1. The van der Waals surface area contributed by atoms with Crippen LogP contribution in [0.15, 0.2) is 42.9 Å². The minimum atomic E-state index is 0.259. The summed E-state index contributed by atoms with van der Waals surface area (Å²) < 4.78 is 0. The third-order valence-electron chi connectivity index (χ3n) is 5.58. The van der Waals surface area contributed by atoms with E-state index in [2.05, 4.69) is 56.3 Å². The van der Waals surface area contributed by atoms with Crippen molar-refractivity contribution in [3.05, 3.63) is 48.4 Å². The van der Waals surface area contributed by atoms with E-state index in [9.17, 15) is 4.79 Å². The number of ketones is 1. The van der Waals surface area contributed by atoms with Crippen LogP contribution < -0.4 is 10.2 Å². The summed E-state index contributed by atoms with van der Waals surface area (Å²) in [7, 11) is 4.11. The van der Waals surface area contributed by atoms with Crippen molar-refractivity contribution in [2.75, 3.05) is 43.9 Å². The second-order valence-corrected chi connectivity index (χ2v) is 8.43. The summed E-state index contributed by atoms with van der Waals surface area (Å²) in [5.41, 5.74) is 3.10. The Bertz CT molecular complexity index is 998. The summed E-state index contributed by atoms with van der Waals surface area (Å²) in [5, 5.41) is 4.35. The molecule has 2 N–H and O–H groups in total. The lowest BCUT2D eigenvalue weighted by molar-refractivity contribution is -0.118. The van der Waals surface area contributed by atoms with Gasteiger partial charge in [-0.05, 0) is 56.6 Å². The Morgan fingerprint density at radius 1 is 1.30 bits per heavy atom. The van der Waals surface area contributed by atoms with E-state index in [1.54, 1.807) is 6.33 Å². The van der Waals surface area contributed by atoms with Crippen LogP contribution >= 0.6 is 0 Å². The number of Topliss-reactive ketones (excluding diaryl/α,β-unsaturated/α-hetero) is 1. The molecular formula is C23H30N6O. The van der Waals surface area contributed by atoms with E-state index in [1.165, 1.54) is 5.56 Å². The monoisotopic (exact) mass is 406 g/mol. The standard InChI is InChI=1S/C23H30N6O/c1-28(2)14-17-5-3-7-19(11-17)25-13-20(30)12-18-6-4-10-29(15-18)23-21-8-9-24-22(21)26-16-27-23/h3,5,7-9,11,16,18,25H,4,6,10,12-15H2,1-2H3,(H,24,26,27). The molecule has 0 spiro atoms. The molecule has 0 radical (unpaired) electrons. The van der Waals surface area contributed by atoms with E-state index in [-0.39, 0.29) is 5.78 Å². The molecule has 0 amide bonds. The number of H-pyrrole nitrogens is 1. The first kappa shape index (κ1) is 20.3. The number of nitrogens with one attached hydrogen (secondary N) is 2. The van der Waals surface area contributed by atoms with Gasteiger partial charge in [-0.15, -0.1) is 0 Å². The van der Waals surface area contributed by atoms with Crippen molar-refractivity contribution in [3.63, 3.8) is 0 Å². The molecule has 0 bridgehead atoms. The minimum Gasteiger partial charge on any atom is -0.378 e.